The van der Waals surface area contributed by atoms with Gasteiger partial charge in [-0.3, -0.25) is 0 Å². The molecule has 1 fully saturated rings. The first-order valence-corrected chi connectivity index (χ1v) is 7.43. The van der Waals surface area contributed by atoms with Crippen LogP contribution in [0.15, 0.2) is 24.3 Å². The van der Waals surface area contributed by atoms with Gasteiger partial charge >= 0.3 is 6.03 Å². The molecule has 1 aromatic rings. The SMILES string of the molecule is COC[C@@H]1CCCC[C@H]1NC(=O)Nc1cccc(OC)c1. The summed E-state index contributed by atoms with van der Waals surface area (Å²) in [4.78, 5) is 12.1. The minimum Gasteiger partial charge on any atom is -0.497 e. The molecule has 0 spiro atoms. The molecule has 1 saturated carbocycles. The van der Waals surface area contributed by atoms with Gasteiger partial charge in [0.1, 0.15) is 5.75 Å². The smallest absolute Gasteiger partial charge is 0.319 e. The van der Waals surface area contributed by atoms with E-state index < -0.39 is 0 Å². The fourth-order valence-corrected chi connectivity index (χ4v) is 2.85. The molecule has 5 heteroatoms. The highest BCUT2D eigenvalue weighted by molar-refractivity contribution is 5.89. The Morgan fingerprint density at radius 2 is 2.10 bits per heavy atom. The monoisotopic (exact) mass is 292 g/mol. The standard InChI is InChI=1S/C16H24N2O3/c1-20-11-12-6-3-4-9-15(12)18-16(19)17-13-7-5-8-14(10-13)21-2/h5,7-8,10,12,15H,3-4,6,9,11H2,1-2H3,(H2,17,18,19)/t12-,15+/m0/s1. The average Bonchev–Trinajstić information content (AvgIpc) is 2.49. The molecule has 5 nitrogen and oxygen atoms in total. The molecule has 2 amide bonds. The molecule has 0 radical (unpaired) electrons. The zero-order valence-corrected chi connectivity index (χ0v) is 12.7. The van der Waals surface area contributed by atoms with E-state index >= 15 is 0 Å². The lowest BCUT2D eigenvalue weighted by Crippen LogP contribution is -2.45. The molecule has 21 heavy (non-hydrogen) atoms. The van der Waals surface area contributed by atoms with Gasteiger partial charge in [0, 0.05) is 30.8 Å². The lowest BCUT2D eigenvalue weighted by molar-refractivity contribution is 0.111. The van der Waals surface area contributed by atoms with Crippen molar-refractivity contribution in [2.24, 2.45) is 5.92 Å². The van der Waals surface area contributed by atoms with Crippen molar-refractivity contribution in [3.8, 4) is 5.75 Å². The van der Waals surface area contributed by atoms with Crippen molar-refractivity contribution in [1.82, 2.24) is 5.32 Å². The Morgan fingerprint density at radius 3 is 2.86 bits per heavy atom. The molecule has 1 aliphatic rings. The molecule has 116 valence electrons. The van der Waals surface area contributed by atoms with Crippen molar-refractivity contribution in [1.29, 1.82) is 0 Å². The van der Waals surface area contributed by atoms with Crippen LogP contribution in [0.4, 0.5) is 10.5 Å². The van der Waals surface area contributed by atoms with Gasteiger partial charge in [-0.1, -0.05) is 18.9 Å². The molecular formula is C16H24N2O3. The van der Waals surface area contributed by atoms with E-state index in [0.717, 1.165) is 30.7 Å². The summed E-state index contributed by atoms with van der Waals surface area (Å²) in [5, 5.41) is 5.92. The summed E-state index contributed by atoms with van der Waals surface area (Å²) in [5.74, 6) is 1.13. The molecule has 2 N–H and O–H groups in total. The summed E-state index contributed by atoms with van der Waals surface area (Å²) < 4.78 is 10.4. The topological polar surface area (TPSA) is 59.6 Å². The summed E-state index contributed by atoms with van der Waals surface area (Å²) in [6.07, 6.45) is 4.49. The number of anilines is 1. The fraction of sp³-hybridized carbons (Fsp3) is 0.562. The third-order valence-electron chi connectivity index (χ3n) is 3.93. The van der Waals surface area contributed by atoms with E-state index in [-0.39, 0.29) is 12.1 Å². The Balaban J connectivity index is 1.90. The Bertz CT molecular complexity index is 463. The average molecular weight is 292 g/mol. The molecule has 0 aromatic heterocycles. The molecule has 1 aromatic carbocycles. The number of hydrogen-bond acceptors (Lipinski definition) is 3. The molecule has 0 saturated heterocycles. The summed E-state index contributed by atoms with van der Waals surface area (Å²) in [5.41, 5.74) is 0.728. The van der Waals surface area contributed by atoms with E-state index in [2.05, 4.69) is 10.6 Å². The van der Waals surface area contributed by atoms with Crippen LogP contribution >= 0.6 is 0 Å². The maximum atomic E-state index is 12.1. The number of hydrogen-bond donors (Lipinski definition) is 2. The van der Waals surface area contributed by atoms with Crippen molar-refractivity contribution in [3.63, 3.8) is 0 Å². The van der Waals surface area contributed by atoms with Gasteiger partial charge in [-0.2, -0.15) is 0 Å². The van der Waals surface area contributed by atoms with Gasteiger partial charge in [0.05, 0.1) is 13.7 Å². The first-order valence-electron chi connectivity index (χ1n) is 7.43. The van der Waals surface area contributed by atoms with E-state index in [0.29, 0.717) is 12.5 Å². The predicted molar refractivity (Wildman–Crippen MR) is 82.8 cm³/mol. The highest BCUT2D eigenvalue weighted by atomic mass is 16.5. The number of methoxy groups -OCH3 is 2. The number of benzene rings is 1. The first kappa shape index (κ1) is 15.6. The third-order valence-corrected chi connectivity index (χ3v) is 3.93. The van der Waals surface area contributed by atoms with Crippen LogP contribution in [0.5, 0.6) is 5.75 Å². The van der Waals surface area contributed by atoms with Crippen molar-refractivity contribution in [2.45, 2.75) is 31.7 Å². The van der Waals surface area contributed by atoms with Gasteiger partial charge in [0.15, 0.2) is 0 Å². The van der Waals surface area contributed by atoms with E-state index in [9.17, 15) is 4.79 Å². The lowest BCUT2D eigenvalue weighted by atomic mass is 9.85. The molecule has 2 rings (SSSR count). The van der Waals surface area contributed by atoms with E-state index in [1.54, 1.807) is 20.3 Å². The molecule has 0 unspecified atom stereocenters. The van der Waals surface area contributed by atoms with Crippen LogP contribution in [-0.4, -0.2) is 32.9 Å². The van der Waals surface area contributed by atoms with E-state index in [1.807, 2.05) is 18.2 Å². The number of amides is 2. The number of urea groups is 1. The lowest BCUT2D eigenvalue weighted by Gasteiger charge is -2.31. The second-order valence-electron chi connectivity index (χ2n) is 5.44. The van der Waals surface area contributed by atoms with Crippen LogP contribution in [0, 0.1) is 5.92 Å². The van der Waals surface area contributed by atoms with Gasteiger partial charge in [-0.25, -0.2) is 4.79 Å². The molecule has 1 aliphatic carbocycles. The Hall–Kier alpha value is -1.75. The largest absolute Gasteiger partial charge is 0.497 e. The van der Waals surface area contributed by atoms with Crippen LogP contribution in [0.2, 0.25) is 0 Å². The summed E-state index contributed by atoms with van der Waals surface area (Å²) in [6.45, 7) is 0.699. The van der Waals surface area contributed by atoms with Crippen molar-refractivity contribution < 1.29 is 14.3 Å². The zero-order valence-electron chi connectivity index (χ0n) is 12.7. The highest BCUT2D eigenvalue weighted by Crippen LogP contribution is 2.25. The summed E-state index contributed by atoms with van der Waals surface area (Å²) >= 11 is 0. The zero-order chi connectivity index (χ0) is 15.1. The van der Waals surface area contributed by atoms with Gasteiger partial charge in [0.2, 0.25) is 0 Å². The third kappa shape index (κ3) is 4.63. The van der Waals surface area contributed by atoms with Crippen molar-refractivity contribution >= 4 is 11.7 Å². The minimum absolute atomic E-state index is 0.170. The van der Waals surface area contributed by atoms with Crippen LogP contribution in [0.25, 0.3) is 0 Å². The Labute approximate surface area is 126 Å². The number of nitrogens with one attached hydrogen (secondary N) is 2. The number of rotatable bonds is 5. The molecule has 0 bridgehead atoms. The number of carbonyl (C=O) groups is 1. The minimum atomic E-state index is -0.170. The number of ether oxygens (including phenoxy) is 2. The second kappa shape index (κ2) is 7.88. The van der Waals surface area contributed by atoms with Gasteiger partial charge in [-0.05, 0) is 25.0 Å². The van der Waals surface area contributed by atoms with Gasteiger partial charge in [0.25, 0.3) is 0 Å². The maximum Gasteiger partial charge on any atom is 0.319 e. The predicted octanol–water partition coefficient (Wildman–Crippen LogP) is 3.02. The second-order valence-corrected chi connectivity index (χ2v) is 5.44. The molecular weight excluding hydrogens is 268 g/mol. The Morgan fingerprint density at radius 1 is 1.29 bits per heavy atom. The van der Waals surface area contributed by atoms with Crippen LogP contribution in [0.3, 0.4) is 0 Å². The molecule has 2 atom stereocenters. The first-order chi connectivity index (χ1) is 10.2. The quantitative estimate of drug-likeness (QED) is 0.877. The van der Waals surface area contributed by atoms with Crippen molar-refractivity contribution in [2.75, 3.05) is 26.1 Å². The number of carbonyl (C=O) groups excluding carboxylic acids is 1. The van der Waals surface area contributed by atoms with Gasteiger partial charge in [-0.15, -0.1) is 0 Å². The Kier molecular flexibility index (Phi) is 5.87. The van der Waals surface area contributed by atoms with E-state index in [4.69, 9.17) is 9.47 Å². The normalized spacial score (nSPS) is 21.6. The van der Waals surface area contributed by atoms with Crippen LogP contribution in [-0.2, 0) is 4.74 Å². The van der Waals surface area contributed by atoms with Crippen LogP contribution < -0.4 is 15.4 Å². The highest BCUT2D eigenvalue weighted by Gasteiger charge is 2.26. The molecule has 0 aliphatic heterocycles. The van der Waals surface area contributed by atoms with E-state index in [1.165, 1.54) is 6.42 Å². The molecule has 0 heterocycles. The summed E-state index contributed by atoms with van der Waals surface area (Å²) in [6, 6.07) is 7.35. The maximum absolute atomic E-state index is 12.1. The van der Waals surface area contributed by atoms with Gasteiger partial charge < -0.3 is 20.1 Å². The summed E-state index contributed by atoms with van der Waals surface area (Å²) in [7, 11) is 3.32. The van der Waals surface area contributed by atoms with Crippen LogP contribution in [0.1, 0.15) is 25.7 Å². The van der Waals surface area contributed by atoms with Crippen molar-refractivity contribution in [3.05, 3.63) is 24.3 Å². The fourth-order valence-electron chi connectivity index (χ4n) is 2.85.